The maximum absolute atomic E-state index is 14.7. The number of amides is 3. The van der Waals surface area contributed by atoms with Crippen molar-refractivity contribution in [1.82, 2.24) is 14.7 Å². The van der Waals surface area contributed by atoms with Gasteiger partial charge in [-0.15, -0.1) is 0 Å². The predicted octanol–water partition coefficient (Wildman–Crippen LogP) is 3.10. The lowest BCUT2D eigenvalue weighted by molar-refractivity contribution is -0.156. The molecule has 0 saturated carbocycles. The Morgan fingerprint density at radius 3 is 2.20 bits per heavy atom. The molecule has 1 spiro atoms. The van der Waals surface area contributed by atoms with E-state index in [1.807, 2.05) is 106 Å². The number of likely N-dealkylation sites (tertiary alicyclic amines) is 1. The minimum absolute atomic E-state index is 0.118. The Hall–Kier alpha value is -3.75. The van der Waals surface area contributed by atoms with Crippen LogP contribution in [0.1, 0.15) is 37.9 Å². The van der Waals surface area contributed by atoms with Gasteiger partial charge in [-0.05, 0) is 31.9 Å². The molecule has 41 heavy (non-hydrogen) atoms. The summed E-state index contributed by atoms with van der Waals surface area (Å²) in [4.78, 5) is 48.5. The van der Waals surface area contributed by atoms with Crippen molar-refractivity contribution in [2.75, 3.05) is 19.7 Å². The van der Waals surface area contributed by atoms with Crippen molar-refractivity contribution in [2.45, 2.75) is 56.6 Å². The molecule has 0 aliphatic carbocycles. The van der Waals surface area contributed by atoms with Crippen LogP contribution in [-0.4, -0.2) is 80.5 Å². The van der Waals surface area contributed by atoms with Gasteiger partial charge in [0.05, 0.1) is 30.1 Å². The molecule has 6 atom stereocenters. The summed E-state index contributed by atoms with van der Waals surface area (Å²) in [6, 6.07) is 17.1. The molecule has 4 aliphatic rings. The van der Waals surface area contributed by atoms with Gasteiger partial charge in [-0.1, -0.05) is 85.0 Å². The molecule has 8 nitrogen and oxygen atoms in total. The molecule has 4 heterocycles. The molecule has 8 heteroatoms. The maximum atomic E-state index is 14.7. The monoisotopic (exact) mass is 555 g/mol. The smallest absolute Gasteiger partial charge is 0.249 e. The lowest BCUT2D eigenvalue weighted by Crippen LogP contribution is -2.57. The summed E-state index contributed by atoms with van der Waals surface area (Å²) in [7, 11) is 0. The second-order valence-electron chi connectivity index (χ2n) is 11.9. The number of aliphatic hydroxyl groups excluding tert-OH is 1. The van der Waals surface area contributed by atoms with Crippen molar-refractivity contribution < 1.29 is 24.2 Å². The molecule has 3 amide bonds. The summed E-state index contributed by atoms with van der Waals surface area (Å²) in [6.07, 6.45) is 7.57. The quantitative estimate of drug-likeness (QED) is 0.554. The Balaban J connectivity index is 1.49. The molecule has 214 valence electrons. The van der Waals surface area contributed by atoms with E-state index in [1.165, 1.54) is 4.90 Å². The first-order valence-corrected chi connectivity index (χ1v) is 14.4. The number of carbonyl (C=O) groups excluding carboxylic acids is 3. The van der Waals surface area contributed by atoms with Crippen LogP contribution in [-0.2, 0) is 25.7 Å². The SMILES string of the molecule is CC(C)N1CC=C[C@]23O[C@@]4(C)C=CCN(Cc5ccccc5)C(=O)[C@H]4[C@H]2C(=O)N([C@H](CO)c2ccccc2)C3C1=O. The van der Waals surface area contributed by atoms with Gasteiger partial charge in [0.1, 0.15) is 11.6 Å². The summed E-state index contributed by atoms with van der Waals surface area (Å²) >= 11 is 0. The van der Waals surface area contributed by atoms with E-state index < -0.39 is 35.1 Å². The number of fused-ring (bicyclic) bond motifs is 2. The van der Waals surface area contributed by atoms with Crippen LogP contribution in [0.25, 0.3) is 0 Å². The highest BCUT2D eigenvalue weighted by atomic mass is 16.5. The molecule has 6 rings (SSSR count). The van der Waals surface area contributed by atoms with Crippen molar-refractivity contribution in [3.63, 3.8) is 0 Å². The van der Waals surface area contributed by atoms with Crippen molar-refractivity contribution in [1.29, 1.82) is 0 Å². The number of rotatable bonds is 6. The van der Waals surface area contributed by atoms with Crippen LogP contribution in [0.5, 0.6) is 0 Å². The Morgan fingerprint density at radius 1 is 0.878 bits per heavy atom. The van der Waals surface area contributed by atoms with Gasteiger partial charge >= 0.3 is 0 Å². The maximum Gasteiger partial charge on any atom is 0.249 e. The summed E-state index contributed by atoms with van der Waals surface area (Å²) in [5.41, 5.74) is -0.747. The molecule has 4 aliphatic heterocycles. The molecular formula is C33H37N3O5. The Kier molecular flexibility index (Phi) is 6.86. The van der Waals surface area contributed by atoms with Gasteiger partial charge in [0.2, 0.25) is 17.7 Å². The third-order valence-corrected chi connectivity index (χ3v) is 9.14. The van der Waals surface area contributed by atoms with Crippen LogP contribution in [0.15, 0.2) is 85.0 Å². The largest absolute Gasteiger partial charge is 0.394 e. The molecule has 2 fully saturated rings. The van der Waals surface area contributed by atoms with Crippen LogP contribution in [0, 0.1) is 11.8 Å². The Bertz CT molecular complexity index is 1390. The van der Waals surface area contributed by atoms with Crippen molar-refractivity contribution in [3.8, 4) is 0 Å². The van der Waals surface area contributed by atoms with E-state index in [1.54, 1.807) is 9.80 Å². The number of ether oxygens (including phenoxy) is 1. The lowest BCUT2D eigenvalue weighted by Gasteiger charge is -2.40. The predicted molar refractivity (Wildman–Crippen MR) is 153 cm³/mol. The van der Waals surface area contributed by atoms with Gasteiger partial charge < -0.3 is 24.5 Å². The fourth-order valence-corrected chi connectivity index (χ4v) is 7.30. The van der Waals surface area contributed by atoms with Gasteiger partial charge in [-0.3, -0.25) is 14.4 Å². The number of hydrogen-bond donors (Lipinski definition) is 1. The zero-order valence-corrected chi connectivity index (χ0v) is 23.7. The molecule has 2 aromatic carbocycles. The normalized spacial score (nSPS) is 31.7. The molecule has 2 aromatic rings. The molecule has 1 unspecified atom stereocenters. The number of benzene rings is 2. The zero-order valence-electron chi connectivity index (χ0n) is 23.7. The van der Waals surface area contributed by atoms with Gasteiger partial charge in [0.25, 0.3) is 0 Å². The van der Waals surface area contributed by atoms with E-state index >= 15 is 0 Å². The Morgan fingerprint density at radius 2 is 1.54 bits per heavy atom. The van der Waals surface area contributed by atoms with Crippen LogP contribution >= 0.6 is 0 Å². The average molecular weight is 556 g/mol. The summed E-state index contributed by atoms with van der Waals surface area (Å²) < 4.78 is 6.91. The highest BCUT2D eigenvalue weighted by molar-refractivity contribution is 6.00. The third-order valence-electron chi connectivity index (χ3n) is 9.14. The first-order valence-electron chi connectivity index (χ1n) is 14.4. The van der Waals surface area contributed by atoms with Crippen molar-refractivity contribution in [2.24, 2.45) is 11.8 Å². The van der Waals surface area contributed by atoms with Crippen LogP contribution in [0.3, 0.4) is 0 Å². The fraction of sp³-hybridized carbons (Fsp3) is 0.424. The van der Waals surface area contributed by atoms with Crippen LogP contribution < -0.4 is 0 Å². The van der Waals surface area contributed by atoms with Gasteiger partial charge in [-0.25, -0.2) is 0 Å². The van der Waals surface area contributed by atoms with Gasteiger partial charge in [0, 0.05) is 25.7 Å². The second-order valence-corrected chi connectivity index (χ2v) is 11.9. The highest BCUT2D eigenvalue weighted by Crippen LogP contribution is 2.58. The van der Waals surface area contributed by atoms with E-state index in [2.05, 4.69) is 0 Å². The topological polar surface area (TPSA) is 90.4 Å². The number of carbonyl (C=O) groups is 3. The molecule has 1 N–H and O–H groups in total. The summed E-state index contributed by atoms with van der Waals surface area (Å²) in [6.45, 7) is 6.52. The lowest BCUT2D eigenvalue weighted by atomic mass is 9.74. The molecule has 0 aromatic heterocycles. The third kappa shape index (κ3) is 4.23. The van der Waals surface area contributed by atoms with E-state index in [0.717, 1.165) is 11.1 Å². The van der Waals surface area contributed by atoms with Crippen LogP contribution in [0.2, 0.25) is 0 Å². The summed E-state index contributed by atoms with van der Waals surface area (Å²) in [5.74, 6) is -2.55. The van der Waals surface area contributed by atoms with E-state index in [9.17, 15) is 19.5 Å². The zero-order chi connectivity index (χ0) is 28.9. The Labute approximate surface area is 240 Å². The first kappa shape index (κ1) is 27.4. The first-order chi connectivity index (χ1) is 19.7. The van der Waals surface area contributed by atoms with E-state index in [4.69, 9.17) is 4.74 Å². The minimum Gasteiger partial charge on any atom is -0.394 e. The minimum atomic E-state index is -1.37. The summed E-state index contributed by atoms with van der Waals surface area (Å²) in [5, 5.41) is 10.7. The molecule has 2 saturated heterocycles. The molecular weight excluding hydrogens is 518 g/mol. The second kappa shape index (κ2) is 10.3. The van der Waals surface area contributed by atoms with E-state index in [0.29, 0.717) is 19.6 Å². The molecule has 0 radical (unpaired) electrons. The number of nitrogens with zero attached hydrogens (tertiary/aromatic N) is 3. The van der Waals surface area contributed by atoms with Gasteiger partial charge in [0.15, 0.2) is 0 Å². The fourth-order valence-electron chi connectivity index (χ4n) is 7.30. The number of hydrogen-bond acceptors (Lipinski definition) is 5. The van der Waals surface area contributed by atoms with Gasteiger partial charge in [-0.2, -0.15) is 0 Å². The van der Waals surface area contributed by atoms with E-state index in [-0.39, 0.29) is 30.4 Å². The standard InChI is InChI=1S/C33H37N3O5/c1-22(2)35-19-11-17-33-27(30(39)36(28(33)31(35)40)25(21-37)24-14-8-5-9-15-24)26-29(38)34(18-10-16-32(26,3)41-33)20-23-12-6-4-7-13-23/h4-17,22,25-28,37H,18-21H2,1-3H3/t25-,26-,27+,28?,32+,33+/m1/s1. The average Bonchev–Trinajstić information content (AvgIpc) is 3.23. The molecule has 0 bridgehead atoms. The van der Waals surface area contributed by atoms with Crippen LogP contribution in [0.4, 0.5) is 0 Å². The van der Waals surface area contributed by atoms with Crippen molar-refractivity contribution >= 4 is 17.7 Å². The highest BCUT2D eigenvalue weighted by Gasteiger charge is 2.75. The van der Waals surface area contributed by atoms with Crippen molar-refractivity contribution in [3.05, 3.63) is 96.1 Å². The number of aliphatic hydroxyl groups is 1.